The van der Waals surface area contributed by atoms with E-state index in [0.29, 0.717) is 12.5 Å². The number of allylic oxidation sites excluding steroid dienone is 1. The van der Waals surface area contributed by atoms with Crippen molar-refractivity contribution in [3.05, 3.63) is 29.1 Å². The summed E-state index contributed by atoms with van der Waals surface area (Å²) in [7, 11) is 1.48. The van der Waals surface area contributed by atoms with Crippen molar-refractivity contribution in [2.75, 3.05) is 13.1 Å². The summed E-state index contributed by atoms with van der Waals surface area (Å²) >= 11 is 0. The summed E-state index contributed by atoms with van der Waals surface area (Å²) in [6, 6.07) is 0. The molecule has 0 unspecified atom stereocenters. The zero-order valence-electron chi connectivity index (χ0n) is 15.2. The first kappa shape index (κ1) is 22.8. The maximum atomic E-state index is 13.0. The minimum atomic E-state index is -4.47. The van der Waals surface area contributed by atoms with Crippen LogP contribution in [0.2, 0.25) is 0 Å². The van der Waals surface area contributed by atoms with Crippen molar-refractivity contribution >= 4 is 29.9 Å². The fourth-order valence-electron chi connectivity index (χ4n) is 2.87. The monoisotopic (exact) mass is 485 g/mol. The average Bonchev–Trinajstić information content (AvgIpc) is 2.95. The fourth-order valence-corrected chi connectivity index (χ4v) is 2.87. The Kier molecular flexibility index (Phi) is 9.45. The van der Waals surface area contributed by atoms with Crippen molar-refractivity contribution < 1.29 is 13.2 Å². The molecule has 2 N–H and O–H groups in total. The van der Waals surface area contributed by atoms with Crippen LogP contribution in [0, 0.1) is 0 Å². The third-order valence-corrected chi connectivity index (χ3v) is 4.05. The summed E-state index contributed by atoms with van der Waals surface area (Å²) in [6.07, 6.45) is 4.90. The first-order valence-corrected chi connectivity index (χ1v) is 8.70. The van der Waals surface area contributed by atoms with Crippen LogP contribution in [0.1, 0.15) is 50.3 Å². The molecular weight excluding hydrogens is 458 g/mol. The summed E-state index contributed by atoms with van der Waals surface area (Å²) in [5, 5.41) is 9.76. The van der Waals surface area contributed by atoms with E-state index in [-0.39, 0.29) is 36.1 Å². The van der Waals surface area contributed by atoms with Gasteiger partial charge in [-0.2, -0.15) is 18.3 Å². The molecule has 9 heteroatoms. The molecule has 1 aromatic rings. The van der Waals surface area contributed by atoms with Gasteiger partial charge in [-0.3, -0.25) is 4.68 Å². The third-order valence-electron chi connectivity index (χ3n) is 4.05. The first-order valence-electron chi connectivity index (χ1n) is 8.70. The number of hydrogen-bond donors (Lipinski definition) is 2. The maximum Gasteiger partial charge on any atom is 0.435 e. The Balaban J connectivity index is 0.00000338. The van der Waals surface area contributed by atoms with Gasteiger partial charge in [0.25, 0.3) is 0 Å². The molecule has 0 aromatic carbocycles. The smallest absolute Gasteiger partial charge is 0.357 e. The number of halogens is 4. The molecule has 1 aliphatic rings. The summed E-state index contributed by atoms with van der Waals surface area (Å²) in [5.74, 6) is 0.524. The normalized spacial score (nSPS) is 15.3. The predicted molar refractivity (Wildman–Crippen MR) is 108 cm³/mol. The van der Waals surface area contributed by atoms with E-state index in [1.165, 1.54) is 36.3 Å². The Labute approximate surface area is 169 Å². The Morgan fingerprint density at radius 3 is 2.69 bits per heavy atom. The molecule has 5 nitrogen and oxygen atoms in total. The molecule has 0 spiro atoms. The summed E-state index contributed by atoms with van der Waals surface area (Å²) in [5.41, 5.74) is 0.644. The Morgan fingerprint density at radius 1 is 1.31 bits per heavy atom. The minimum Gasteiger partial charge on any atom is -0.357 e. The van der Waals surface area contributed by atoms with Crippen molar-refractivity contribution in [2.24, 2.45) is 12.0 Å². The van der Waals surface area contributed by atoms with Crippen LogP contribution in [0.15, 0.2) is 22.8 Å². The molecule has 2 rings (SSSR count). The summed E-state index contributed by atoms with van der Waals surface area (Å²) in [4.78, 5) is 4.28. The number of aryl methyl sites for hydroxylation is 1. The van der Waals surface area contributed by atoms with Crippen LogP contribution in [0.25, 0.3) is 0 Å². The molecule has 1 aliphatic carbocycles. The molecule has 0 saturated carbocycles. The zero-order valence-corrected chi connectivity index (χ0v) is 17.5. The maximum absolute atomic E-state index is 13.0. The Bertz CT molecular complexity index is 622. The van der Waals surface area contributed by atoms with Crippen LogP contribution in [-0.4, -0.2) is 28.8 Å². The van der Waals surface area contributed by atoms with Gasteiger partial charge in [0.2, 0.25) is 0 Å². The molecule has 1 heterocycles. The lowest BCUT2D eigenvalue weighted by Crippen LogP contribution is -2.37. The number of rotatable bonds is 6. The molecule has 26 heavy (non-hydrogen) atoms. The minimum absolute atomic E-state index is 0. The Morgan fingerprint density at radius 2 is 2.08 bits per heavy atom. The second-order valence-corrected chi connectivity index (χ2v) is 6.15. The highest BCUT2D eigenvalue weighted by Crippen LogP contribution is 2.30. The molecular formula is C17H27F3IN5. The van der Waals surface area contributed by atoms with Gasteiger partial charge in [-0.15, -0.1) is 24.0 Å². The number of aliphatic imine (C=N–C) groups is 1. The number of guanidine groups is 1. The number of nitrogens with one attached hydrogen (secondary N) is 2. The topological polar surface area (TPSA) is 54.2 Å². The number of aromatic nitrogens is 2. The highest BCUT2D eigenvalue weighted by molar-refractivity contribution is 14.0. The lowest BCUT2D eigenvalue weighted by Gasteiger charge is -2.15. The molecule has 0 aliphatic heterocycles. The van der Waals surface area contributed by atoms with Crippen LogP contribution in [0.5, 0.6) is 0 Å². The van der Waals surface area contributed by atoms with E-state index in [1.54, 1.807) is 0 Å². The largest absolute Gasteiger partial charge is 0.435 e. The number of hydrogen-bond acceptors (Lipinski definition) is 2. The summed E-state index contributed by atoms with van der Waals surface area (Å²) in [6.45, 7) is 3.22. The van der Waals surface area contributed by atoms with Gasteiger partial charge in [0, 0.05) is 31.9 Å². The van der Waals surface area contributed by atoms with Crippen molar-refractivity contribution in [1.82, 2.24) is 20.4 Å². The average molecular weight is 485 g/mol. The van der Waals surface area contributed by atoms with E-state index in [2.05, 4.69) is 26.8 Å². The van der Waals surface area contributed by atoms with Gasteiger partial charge < -0.3 is 10.6 Å². The quantitative estimate of drug-likeness (QED) is 0.277. The molecule has 0 saturated heterocycles. The van der Waals surface area contributed by atoms with Gasteiger partial charge in [0.05, 0.1) is 6.54 Å². The lowest BCUT2D eigenvalue weighted by molar-refractivity contribution is -0.142. The van der Waals surface area contributed by atoms with Crippen molar-refractivity contribution in [1.29, 1.82) is 0 Å². The van der Waals surface area contributed by atoms with Crippen LogP contribution in [0.4, 0.5) is 13.2 Å². The van der Waals surface area contributed by atoms with Gasteiger partial charge in [0.1, 0.15) is 0 Å². The van der Waals surface area contributed by atoms with Crippen LogP contribution in [-0.2, 0) is 19.8 Å². The van der Waals surface area contributed by atoms with E-state index in [4.69, 9.17) is 0 Å². The number of alkyl halides is 3. The van der Waals surface area contributed by atoms with Crippen LogP contribution >= 0.6 is 24.0 Å². The highest BCUT2D eigenvalue weighted by Gasteiger charge is 2.36. The standard InChI is InChI=1S/C17H26F3N5.HI/c1-3-21-16(22-10-9-13-7-5-4-6-8-13)23-11-14-12-25(2)24-15(14)17(18,19)20;/h7,12H,3-6,8-11H2,1-2H3,(H2,21,22,23);1H. The van der Waals surface area contributed by atoms with E-state index < -0.39 is 11.9 Å². The van der Waals surface area contributed by atoms with Crippen molar-refractivity contribution in [2.45, 2.75) is 51.7 Å². The van der Waals surface area contributed by atoms with Gasteiger partial charge >= 0.3 is 6.18 Å². The van der Waals surface area contributed by atoms with E-state index in [0.717, 1.165) is 25.8 Å². The third kappa shape index (κ3) is 7.16. The SMILES string of the molecule is CCNC(=NCc1cn(C)nc1C(F)(F)F)NCCC1=CCCCC1.I. The van der Waals surface area contributed by atoms with Crippen molar-refractivity contribution in [3.8, 4) is 0 Å². The van der Waals surface area contributed by atoms with Crippen LogP contribution in [0.3, 0.4) is 0 Å². The van der Waals surface area contributed by atoms with Gasteiger partial charge in [-0.05, 0) is 39.0 Å². The van der Waals surface area contributed by atoms with E-state index in [9.17, 15) is 13.2 Å². The van der Waals surface area contributed by atoms with Gasteiger partial charge in [-0.25, -0.2) is 4.99 Å². The molecule has 148 valence electrons. The molecule has 0 radical (unpaired) electrons. The Hall–Kier alpha value is -1.26. The van der Waals surface area contributed by atoms with E-state index >= 15 is 0 Å². The predicted octanol–water partition coefficient (Wildman–Crippen LogP) is 4.00. The zero-order chi connectivity index (χ0) is 18.3. The molecule has 0 amide bonds. The number of nitrogens with zero attached hydrogens (tertiary/aromatic N) is 3. The lowest BCUT2D eigenvalue weighted by atomic mass is 9.97. The molecule has 0 fully saturated rings. The first-order chi connectivity index (χ1) is 11.9. The highest BCUT2D eigenvalue weighted by atomic mass is 127. The van der Waals surface area contributed by atoms with E-state index in [1.807, 2.05) is 6.92 Å². The molecule has 0 bridgehead atoms. The fraction of sp³-hybridized carbons (Fsp3) is 0.647. The molecule has 1 aromatic heterocycles. The second kappa shape index (κ2) is 10.8. The molecule has 0 atom stereocenters. The van der Waals surface area contributed by atoms with Crippen molar-refractivity contribution in [3.63, 3.8) is 0 Å². The van der Waals surface area contributed by atoms with Crippen LogP contribution < -0.4 is 10.6 Å². The van der Waals surface area contributed by atoms with Gasteiger partial charge in [0.15, 0.2) is 11.7 Å². The second-order valence-electron chi connectivity index (χ2n) is 6.15. The summed E-state index contributed by atoms with van der Waals surface area (Å²) < 4.78 is 40.1. The van der Waals surface area contributed by atoms with Gasteiger partial charge in [-0.1, -0.05) is 11.6 Å².